The topological polar surface area (TPSA) is 83.4 Å². The quantitative estimate of drug-likeness (QED) is 0.548. The first-order valence-electron chi connectivity index (χ1n) is 11.0. The summed E-state index contributed by atoms with van der Waals surface area (Å²) in [5, 5.41) is 9.16. The van der Waals surface area contributed by atoms with E-state index in [9.17, 15) is 14.0 Å². The minimum atomic E-state index is -0.633. The number of benzene rings is 1. The lowest BCUT2D eigenvalue weighted by molar-refractivity contribution is -0.113. The fourth-order valence-corrected chi connectivity index (χ4v) is 4.34. The predicted molar refractivity (Wildman–Crippen MR) is 125 cm³/mol. The van der Waals surface area contributed by atoms with Crippen LogP contribution in [0.3, 0.4) is 0 Å². The van der Waals surface area contributed by atoms with Crippen LogP contribution in [0, 0.1) is 25.1 Å². The lowest BCUT2D eigenvalue weighted by Crippen LogP contribution is -2.40. The van der Waals surface area contributed by atoms with E-state index in [0.717, 1.165) is 17.1 Å². The Balaban J connectivity index is 1.76. The Morgan fingerprint density at radius 1 is 1.15 bits per heavy atom. The fourth-order valence-electron chi connectivity index (χ4n) is 4.34. The van der Waals surface area contributed by atoms with Crippen molar-refractivity contribution < 1.29 is 18.4 Å². The van der Waals surface area contributed by atoms with Crippen molar-refractivity contribution in [1.29, 1.82) is 0 Å². The van der Waals surface area contributed by atoms with Crippen LogP contribution < -0.4 is 16.0 Å². The van der Waals surface area contributed by atoms with Crippen LogP contribution in [0.25, 0.3) is 0 Å². The lowest BCUT2D eigenvalue weighted by atomic mass is 9.83. The molecule has 2 heterocycles. The van der Waals surface area contributed by atoms with Crippen LogP contribution in [-0.4, -0.2) is 11.7 Å². The van der Waals surface area contributed by atoms with Gasteiger partial charge in [-0.2, -0.15) is 0 Å². The third-order valence-electron chi connectivity index (χ3n) is 6.41. The molecule has 2 aliphatic rings. The van der Waals surface area contributed by atoms with Crippen LogP contribution in [0.5, 0.6) is 0 Å². The molecule has 4 rings (SSSR count). The average Bonchev–Trinajstić information content (AvgIpc) is 3.15. The second-order valence-corrected chi connectivity index (χ2v) is 10.4. The molecule has 0 unspecified atom stereocenters. The molecule has 3 N–H and O–H groups in total. The van der Waals surface area contributed by atoms with E-state index in [1.807, 2.05) is 33.8 Å². The molecular weight excluding hydrogens is 421 g/mol. The van der Waals surface area contributed by atoms with Gasteiger partial charge in [-0.1, -0.05) is 33.4 Å². The van der Waals surface area contributed by atoms with Crippen molar-refractivity contribution in [3.8, 4) is 0 Å². The number of nitrogens with one attached hydrogen (secondary N) is 3. The standard InChI is InChI=1S/C26H30FN3O3/c1-12-11-17(33-14(12)3)23(25(4,5)6)29-19-13(2)22(31)21(19)28-20-16(27)10-9-15-18(20)24(32)30-26(15,7)8/h9-11,23,28-29H,2H2,1,3-8H3,(H,30,32)/t23-/m0/s1. The maximum Gasteiger partial charge on any atom is 0.254 e. The number of Topliss-reactive ketones (excluding diaryl/α,β-unsaturated/α-hetero) is 1. The van der Waals surface area contributed by atoms with E-state index in [4.69, 9.17) is 4.42 Å². The molecule has 0 fully saturated rings. The van der Waals surface area contributed by atoms with Gasteiger partial charge in [0.15, 0.2) is 0 Å². The zero-order chi connectivity index (χ0) is 24.5. The minimum absolute atomic E-state index is 0.0114. The number of ketones is 1. The molecule has 33 heavy (non-hydrogen) atoms. The first-order valence-corrected chi connectivity index (χ1v) is 11.0. The number of hydrogen-bond donors (Lipinski definition) is 3. The van der Waals surface area contributed by atoms with E-state index < -0.39 is 11.4 Å². The number of halogens is 1. The van der Waals surface area contributed by atoms with E-state index in [0.29, 0.717) is 16.8 Å². The Bertz CT molecular complexity index is 1220. The van der Waals surface area contributed by atoms with Gasteiger partial charge in [0.1, 0.15) is 23.0 Å². The number of fused-ring (bicyclic) bond motifs is 1. The van der Waals surface area contributed by atoms with Gasteiger partial charge >= 0.3 is 0 Å². The van der Waals surface area contributed by atoms with E-state index in [2.05, 4.69) is 43.3 Å². The SMILES string of the molecule is C=C1C(=O)C(Nc2c(F)ccc3c2C(=O)NC3(C)C)=C1N[C@@H](c1cc(C)c(C)o1)C(C)(C)C. The smallest absolute Gasteiger partial charge is 0.254 e. The summed E-state index contributed by atoms with van der Waals surface area (Å²) >= 11 is 0. The summed E-state index contributed by atoms with van der Waals surface area (Å²) in [4.78, 5) is 25.3. The Morgan fingerprint density at radius 3 is 2.39 bits per heavy atom. The first-order chi connectivity index (χ1) is 15.2. The number of anilines is 1. The van der Waals surface area contributed by atoms with E-state index >= 15 is 0 Å². The van der Waals surface area contributed by atoms with Crippen LogP contribution in [0.2, 0.25) is 0 Å². The Hall–Kier alpha value is -3.35. The molecule has 0 spiro atoms. The second-order valence-electron chi connectivity index (χ2n) is 10.4. The summed E-state index contributed by atoms with van der Waals surface area (Å²) in [5.74, 6) is 0.249. The van der Waals surface area contributed by atoms with Crippen molar-refractivity contribution in [3.63, 3.8) is 0 Å². The number of carbonyl (C=O) groups is 2. The van der Waals surface area contributed by atoms with Gasteiger partial charge < -0.3 is 20.4 Å². The van der Waals surface area contributed by atoms with Crippen LogP contribution in [0.4, 0.5) is 10.1 Å². The van der Waals surface area contributed by atoms with Crippen LogP contribution in [0.1, 0.15) is 73.7 Å². The summed E-state index contributed by atoms with van der Waals surface area (Å²) in [6.07, 6.45) is 0. The number of carbonyl (C=O) groups excluding carboxylic acids is 2. The van der Waals surface area contributed by atoms with Gasteiger partial charge in [-0.25, -0.2) is 4.39 Å². The van der Waals surface area contributed by atoms with Gasteiger partial charge in [0.2, 0.25) is 5.78 Å². The molecule has 0 radical (unpaired) electrons. The monoisotopic (exact) mass is 451 g/mol. The molecule has 0 saturated heterocycles. The van der Waals surface area contributed by atoms with Gasteiger partial charge in [-0.05, 0) is 56.4 Å². The maximum atomic E-state index is 14.9. The van der Waals surface area contributed by atoms with Crippen molar-refractivity contribution in [2.45, 2.75) is 60.0 Å². The highest BCUT2D eigenvalue weighted by molar-refractivity contribution is 6.21. The highest BCUT2D eigenvalue weighted by atomic mass is 19.1. The fraction of sp³-hybridized carbons (Fsp3) is 0.385. The highest BCUT2D eigenvalue weighted by Gasteiger charge is 2.41. The zero-order valence-corrected chi connectivity index (χ0v) is 20.1. The van der Waals surface area contributed by atoms with Gasteiger partial charge in [0, 0.05) is 5.57 Å². The van der Waals surface area contributed by atoms with Gasteiger partial charge in [0.05, 0.1) is 28.5 Å². The van der Waals surface area contributed by atoms with E-state index in [1.165, 1.54) is 6.07 Å². The Labute approximate surface area is 193 Å². The summed E-state index contributed by atoms with van der Waals surface area (Å²) in [6, 6.07) is 4.61. The van der Waals surface area contributed by atoms with Crippen molar-refractivity contribution >= 4 is 17.4 Å². The van der Waals surface area contributed by atoms with Crippen molar-refractivity contribution in [1.82, 2.24) is 10.6 Å². The third-order valence-corrected chi connectivity index (χ3v) is 6.41. The molecule has 174 valence electrons. The van der Waals surface area contributed by atoms with Gasteiger partial charge in [0.25, 0.3) is 5.91 Å². The molecule has 7 heteroatoms. The van der Waals surface area contributed by atoms with Crippen molar-refractivity contribution in [2.24, 2.45) is 5.41 Å². The molecule has 2 aromatic rings. The molecule has 0 bridgehead atoms. The summed E-state index contributed by atoms with van der Waals surface area (Å²) in [7, 11) is 0. The summed E-state index contributed by atoms with van der Waals surface area (Å²) in [6.45, 7) is 17.6. The molecule has 6 nitrogen and oxygen atoms in total. The first kappa shape index (κ1) is 22.8. The number of furan rings is 1. The molecule has 0 saturated carbocycles. The minimum Gasteiger partial charge on any atom is -0.464 e. The predicted octanol–water partition coefficient (Wildman–Crippen LogP) is 5.15. The van der Waals surface area contributed by atoms with Crippen LogP contribution in [0.15, 0.2) is 46.2 Å². The molecule has 1 aliphatic heterocycles. The van der Waals surface area contributed by atoms with E-state index in [1.54, 1.807) is 6.07 Å². The molecular formula is C26H30FN3O3. The third kappa shape index (κ3) is 3.65. The number of aryl methyl sites for hydroxylation is 2. The number of rotatable bonds is 5. The van der Waals surface area contributed by atoms with Gasteiger partial charge in [-0.15, -0.1) is 0 Å². The summed E-state index contributed by atoms with van der Waals surface area (Å²) in [5.41, 5.74) is 1.97. The molecule has 1 aromatic heterocycles. The Kier molecular flexibility index (Phi) is 5.07. The van der Waals surface area contributed by atoms with Crippen LogP contribution in [-0.2, 0) is 10.3 Å². The average molecular weight is 452 g/mol. The van der Waals surface area contributed by atoms with E-state index in [-0.39, 0.29) is 40.1 Å². The van der Waals surface area contributed by atoms with Crippen LogP contribution >= 0.6 is 0 Å². The molecule has 1 amide bonds. The van der Waals surface area contributed by atoms with Crippen molar-refractivity contribution in [2.75, 3.05) is 5.32 Å². The summed E-state index contributed by atoms with van der Waals surface area (Å²) < 4.78 is 20.8. The van der Waals surface area contributed by atoms with Crippen molar-refractivity contribution in [3.05, 3.63) is 75.8 Å². The largest absolute Gasteiger partial charge is 0.464 e. The normalized spacial score (nSPS) is 18.1. The lowest BCUT2D eigenvalue weighted by Gasteiger charge is -2.36. The molecule has 1 aliphatic carbocycles. The maximum absolute atomic E-state index is 14.9. The number of hydrogen-bond acceptors (Lipinski definition) is 5. The van der Waals surface area contributed by atoms with Gasteiger partial charge in [-0.3, -0.25) is 9.59 Å². The number of amides is 1. The Morgan fingerprint density at radius 2 is 1.82 bits per heavy atom. The second kappa shape index (κ2) is 7.33. The molecule has 1 aromatic carbocycles. The zero-order valence-electron chi connectivity index (χ0n) is 20.1. The molecule has 1 atom stereocenters. The highest BCUT2D eigenvalue weighted by Crippen LogP contribution is 2.41. The number of allylic oxidation sites excluding steroid dienone is 2.